The Labute approximate surface area is 141 Å². The zero-order chi connectivity index (χ0) is 15.9. The molecular weight excluding hydrogens is 308 g/mol. The molecule has 2 aromatic heterocycles. The summed E-state index contributed by atoms with van der Waals surface area (Å²) in [5.74, 6) is 2.30. The topological polar surface area (TPSA) is 55.1 Å². The Morgan fingerprint density at radius 2 is 2.09 bits per heavy atom. The Morgan fingerprint density at radius 3 is 2.83 bits per heavy atom. The van der Waals surface area contributed by atoms with Gasteiger partial charge in [-0.1, -0.05) is 30.5 Å². The maximum absolute atomic E-state index is 5.44. The predicted molar refractivity (Wildman–Crippen MR) is 91.9 cm³/mol. The largest absolute Gasteiger partial charge is 0.338 e. The molecule has 0 aliphatic heterocycles. The van der Waals surface area contributed by atoms with Crippen LogP contribution in [0.2, 0.25) is 0 Å². The first-order chi connectivity index (χ1) is 11.3. The van der Waals surface area contributed by atoms with Crippen molar-refractivity contribution in [1.82, 2.24) is 20.0 Å². The highest BCUT2D eigenvalue weighted by molar-refractivity contribution is 7.97. The fraction of sp³-hybridized carbons (Fsp3) is 0.588. The normalized spacial score (nSPS) is 16.1. The summed E-state index contributed by atoms with van der Waals surface area (Å²) in [6.45, 7) is 1.55. The van der Waals surface area contributed by atoms with Crippen LogP contribution in [0.4, 0.5) is 0 Å². The second-order valence-electron chi connectivity index (χ2n) is 6.06. The number of rotatable bonds is 7. The van der Waals surface area contributed by atoms with Gasteiger partial charge in [0.05, 0.1) is 18.0 Å². The van der Waals surface area contributed by atoms with Crippen molar-refractivity contribution in [2.75, 3.05) is 6.26 Å². The lowest BCUT2D eigenvalue weighted by atomic mass is 9.94. The molecule has 0 unspecified atom stereocenters. The van der Waals surface area contributed by atoms with E-state index < -0.39 is 0 Å². The van der Waals surface area contributed by atoms with Crippen LogP contribution in [0.25, 0.3) is 0 Å². The van der Waals surface area contributed by atoms with Crippen molar-refractivity contribution in [2.24, 2.45) is 0 Å². The van der Waals surface area contributed by atoms with E-state index in [1.54, 1.807) is 11.8 Å². The van der Waals surface area contributed by atoms with E-state index in [1.165, 1.54) is 32.1 Å². The maximum atomic E-state index is 5.44. The monoisotopic (exact) mass is 332 g/mol. The SMILES string of the molecule is CSCc1noc(CN(Cc2ccccn2)C2CCCCC2)n1. The Hall–Kier alpha value is -1.40. The highest BCUT2D eigenvalue weighted by Crippen LogP contribution is 2.25. The zero-order valence-electron chi connectivity index (χ0n) is 13.6. The minimum Gasteiger partial charge on any atom is -0.338 e. The fourth-order valence-corrected chi connectivity index (χ4v) is 3.55. The van der Waals surface area contributed by atoms with Crippen LogP contribution in [0, 0.1) is 0 Å². The van der Waals surface area contributed by atoms with Crippen molar-refractivity contribution in [3.05, 3.63) is 41.8 Å². The Balaban J connectivity index is 1.70. The number of pyridine rings is 1. The number of thioether (sulfide) groups is 1. The molecule has 0 amide bonds. The summed E-state index contributed by atoms with van der Waals surface area (Å²) in [6, 6.07) is 6.68. The number of hydrogen-bond donors (Lipinski definition) is 0. The molecule has 0 atom stereocenters. The van der Waals surface area contributed by atoms with Gasteiger partial charge in [0.25, 0.3) is 0 Å². The first-order valence-corrected chi connectivity index (χ1v) is 9.69. The van der Waals surface area contributed by atoms with Crippen molar-refractivity contribution in [3.63, 3.8) is 0 Å². The lowest BCUT2D eigenvalue weighted by molar-refractivity contribution is 0.122. The lowest BCUT2D eigenvalue weighted by Crippen LogP contribution is -2.36. The molecule has 6 heteroatoms. The Morgan fingerprint density at radius 1 is 1.22 bits per heavy atom. The first-order valence-electron chi connectivity index (χ1n) is 8.29. The van der Waals surface area contributed by atoms with Gasteiger partial charge in [0.2, 0.25) is 5.89 Å². The fourth-order valence-electron chi connectivity index (χ4n) is 3.18. The molecule has 3 rings (SSSR count). The van der Waals surface area contributed by atoms with Crippen molar-refractivity contribution >= 4 is 11.8 Å². The van der Waals surface area contributed by atoms with Gasteiger partial charge in [-0.3, -0.25) is 9.88 Å². The van der Waals surface area contributed by atoms with E-state index in [2.05, 4.69) is 26.1 Å². The van der Waals surface area contributed by atoms with Gasteiger partial charge in [0, 0.05) is 18.8 Å². The molecule has 23 heavy (non-hydrogen) atoms. The van der Waals surface area contributed by atoms with Gasteiger partial charge in [-0.15, -0.1) is 0 Å². The van der Waals surface area contributed by atoms with Gasteiger partial charge in [-0.05, 0) is 31.2 Å². The van der Waals surface area contributed by atoms with Crippen LogP contribution in [-0.2, 0) is 18.8 Å². The molecule has 0 spiro atoms. The van der Waals surface area contributed by atoms with Crippen molar-refractivity contribution < 1.29 is 4.52 Å². The van der Waals surface area contributed by atoms with E-state index in [0.717, 1.165) is 29.7 Å². The smallest absolute Gasteiger partial charge is 0.240 e. The maximum Gasteiger partial charge on any atom is 0.240 e. The highest BCUT2D eigenvalue weighted by Gasteiger charge is 2.23. The zero-order valence-corrected chi connectivity index (χ0v) is 14.5. The molecule has 2 aromatic rings. The summed E-state index contributed by atoms with van der Waals surface area (Å²) in [5.41, 5.74) is 1.10. The van der Waals surface area contributed by atoms with Gasteiger partial charge in [-0.25, -0.2) is 0 Å². The van der Waals surface area contributed by atoms with E-state index in [1.807, 2.05) is 24.6 Å². The van der Waals surface area contributed by atoms with Crippen LogP contribution in [0.3, 0.4) is 0 Å². The van der Waals surface area contributed by atoms with Crippen LogP contribution in [0.15, 0.2) is 28.9 Å². The summed E-state index contributed by atoms with van der Waals surface area (Å²) in [7, 11) is 0. The molecule has 1 aliphatic rings. The summed E-state index contributed by atoms with van der Waals surface area (Å²) >= 11 is 1.71. The average molecular weight is 332 g/mol. The van der Waals surface area contributed by atoms with Gasteiger partial charge in [-0.2, -0.15) is 16.7 Å². The van der Waals surface area contributed by atoms with Crippen molar-refractivity contribution in [3.8, 4) is 0 Å². The summed E-state index contributed by atoms with van der Waals surface area (Å²) < 4.78 is 5.44. The molecule has 0 N–H and O–H groups in total. The molecule has 0 bridgehead atoms. The lowest BCUT2D eigenvalue weighted by Gasteiger charge is -2.33. The number of aromatic nitrogens is 3. The third-order valence-corrected chi connectivity index (χ3v) is 4.85. The third-order valence-electron chi connectivity index (χ3n) is 4.30. The van der Waals surface area contributed by atoms with Gasteiger partial charge < -0.3 is 4.52 Å². The summed E-state index contributed by atoms with van der Waals surface area (Å²) in [4.78, 5) is 11.4. The van der Waals surface area contributed by atoms with Crippen molar-refractivity contribution in [2.45, 2.75) is 57.0 Å². The number of nitrogens with zero attached hydrogens (tertiary/aromatic N) is 4. The standard InChI is InChI=1S/C17H24N4OS/c1-23-13-16-19-17(22-20-16)12-21(15-8-3-2-4-9-15)11-14-7-5-6-10-18-14/h5-7,10,15H,2-4,8-9,11-13H2,1H3. The summed E-state index contributed by atoms with van der Waals surface area (Å²) in [6.07, 6.45) is 10.4. The highest BCUT2D eigenvalue weighted by atomic mass is 32.2. The van der Waals surface area contributed by atoms with Crippen molar-refractivity contribution in [1.29, 1.82) is 0 Å². The third kappa shape index (κ3) is 4.78. The van der Waals surface area contributed by atoms with Crippen LogP contribution < -0.4 is 0 Å². The quantitative estimate of drug-likeness (QED) is 0.771. The van der Waals surface area contributed by atoms with Crippen LogP contribution in [0.5, 0.6) is 0 Å². The molecule has 0 aromatic carbocycles. The number of hydrogen-bond acceptors (Lipinski definition) is 6. The Bertz CT molecular complexity index is 583. The molecule has 1 aliphatic carbocycles. The van der Waals surface area contributed by atoms with E-state index >= 15 is 0 Å². The average Bonchev–Trinajstić information content (AvgIpc) is 3.04. The second-order valence-corrected chi connectivity index (χ2v) is 6.92. The molecule has 0 saturated heterocycles. The summed E-state index contributed by atoms with van der Waals surface area (Å²) in [5, 5.41) is 4.06. The molecule has 2 heterocycles. The van der Waals surface area contributed by atoms with Crippen LogP contribution >= 0.6 is 11.8 Å². The molecule has 1 fully saturated rings. The second kappa shape index (κ2) is 8.45. The molecule has 124 valence electrons. The molecular formula is C17H24N4OS. The van der Waals surface area contributed by atoms with E-state index in [0.29, 0.717) is 12.6 Å². The minimum atomic E-state index is 0.585. The predicted octanol–water partition coefficient (Wildman–Crippen LogP) is 3.66. The Kier molecular flexibility index (Phi) is 6.05. The van der Waals surface area contributed by atoms with Gasteiger partial charge >= 0.3 is 0 Å². The van der Waals surface area contributed by atoms with E-state index in [-0.39, 0.29) is 0 Å². The van der Waals surface area contributed by atoms with Gasteiger partial charge in [0.1, 0.15) is 0 Å². The van der Waals surface area contributed by atoms with Crippen LogP contribution in [0.1, 0.15) is 49.5 Å². The van der Waals surface area contributed by atoms with E-state index in [4.69, 9.17) is 4.52 Å². The van der Waals surface area contributed by atoms with Gasteiger partial charge in [0.15, 0.2) is 5.82 Å². The molecule has 5 nitrogen and oxygen atoms in total. The minimum absolute atomic E-state index is 0.585. The van der Waals surface area contributed by atoms with Crippen LogP contribution in [-0.4, -0.2) is 32.3 Å². The first kappa shape index (κ1) is 16.5. The molecule has 0 radical (unpaired) electrons. The molecule has 1 saturated carbocycles. The van der Waals surface area contributed by atoms with E-state index in [9.17, 15) is 0 Å².